The van der Waals surface area contributed by atoms with Crippen molar-refractivity contribution >= 4 is 50.6 Å². The first-order valence-corrected chi connectivity index (χ1v) is 13.5. The summed E-state index contributed by atoms with van der Waals surface area (Å²) < 4.78 is 18.3. The Kier molecular flexibility index (Phi) is 7.48. The van der Waals surface area contributed by atoms with Crippen LogP contribution in [0.15, 0.2) is 72.1 Å². The van der Waals surface area contributed by atoms with Crippen LogP contribution in [0.25, 0.3) is 10.1 Å². The first-order chi connectivity index (χ1) is 18.4. The van der Waals surface area contributed by atoms with E-state index in [0.29, 0.717) is 34.1 Å². The van der Waals surface area contributed by atoms with Gasteiger partial charge in [-0.05, 0) is 30.7 Å². The average molecular weight is 565 g/mol. The van der Waals surface area contributed by atoms with Crippen LogP contribution in [0.2, 0.25) is 10.0 Å². The molecule has 1 atom stereocenters. The van der Waals surface area contributed by atoms with Gasteiger partial charge in [-0.15, -0.1) is 11.3 Å². The Hall–Kier alpha value is -3.70. The van der Waals surface area contributed by atoms with Crippen molar-refractivity contribution in [3.8, 4) is 23.3 Å². The van der Waals surface area contributed by atoms with Crippen molar-refractivity contribution in [3.05, 3.63) is 98.2 Å². The molecule has 1 unspecified atom stereocenters. The highest BCUT2D eigenvalue weighted by atomic mass is 35.5. The van der Waals surface area contributed by atoms with Crippen LogP contribution in [-0.2, 0) is 0 Å². The summed E-state index contributed by atoms with van der Waals surface area (Å²) in [6.07, 6.45) is 1.91. The van der Waals surface area contributed by atoms with Crippen LogP contribution in [0.3, 0.4) is 0 Å². The van der Waals surface area contributed by atoms with Crippen LogP contribution in [0.4, 0.5) is 0 Å². The number of esters is 1. The number of para-hydroxylation sites is 1. The van der Waals surface area contributed by atoms with Gasteiger partial charge in [0.15, 0.2) is 0 Å². The molecule has 0 bridgehead atoms. The first kappa shape index (κ1) is 25.9. The van der Waals surface area contributed by atoms with E-state index in [0.717, 1.165) is 23.1 Å². The highest BCUT2D eigenvalue weighted by molar-refractivity contribution is 7.21. The van der Waals surface area contributed by atoms with Crippen LogP contribution in [0.5, 0.6) is 17.2 Å². The predicted octanol–water partition coefficient (Wildman–Crippen LogP) is 7.82. The molecule has 0 aliphatic carbocycles. The van der Waals surface area contributed by atoms with Crippen LogP contribution < -0.4 is 19.9 Å². The Balaban J connectivity index is 1.49. The maximum Gasteiger partial charge on any atom is 0.355 e. The number of nitrogens with two attached hydrogens (primary N) is 1. The Bertz CT molecular complexity index is 1620. The number of unbranched alkanes of at least 4 members (excludes halogenated alkanes) is 1. The number of fused-ring (bicyclic) bond motifs is 2. The van der Waals surface area contributed by atoms with Gasteiger partial charge in [-0.1, -0.05) is 66.9 Å². The summed E-state index contributed by atoms with van der Waals surface area (Å²) in [5.74, 6) is 0.159. The molecule has 3 aromatic carbocycles. The summed E-state index contributed by atoms with van der Waals surface area (Å²) in [5, 5.41) is 11.3. The molecule has 2 heterocycles. The standard InChI is InChI=1S/C29H22Cl2N2O4S/c1-2-3-13-35-21-9-5-4-7-17(21)24-18-12-11-16(14-22(18)37-28(33)19(24)15-32)36-29(34)27-26(31)25-20(30)8-6-10-23(25)38-27/h4-12,14,24H,2-3,13,33H2,1H3. The Morgan fingerprint density at radius 3 is 2.71 bits per heavy atom. The molecule has 0 spiro atoms. The molecule has 2 N–H and O–H groups in total. The fourth-order valence-electron chi connectivity index (χ4n) is 4.35. The molecule has 1 aliphatic heterocycles. The van der Waals surface area contributed by atoms with Crippen molar-refractivity contribution in [2.45, 2.75) is 25.7 Å². The number of benzene rings is 3. The van der Waals surface area contributed by atoms with Crippen LogP contribution >= 0.6 is 34.5 Å². The summed E-state index contributed by atoms with van der Waals surface area (Å²) in [6.45, 7) is 2.65. The summed E-state index contributed by atoms with van der Waals surface area (Å²) in [7, 11) is 0. The zero-order chi connectivity index (χ0) is 26.8. The Morgan fingerprint density at radius 2 is 1.95 bits per heavy atom. The van der Waals surface area contributed by atoms with Crippen molar-refractivity contribution in [1.82, 2.24) is 0 Å². The largest absolute Gasteiger partial charge is 0.493 e. The number of nitrogens with zero attached hydrogens (tertiary/aromatic N) is 1. The minimum absolute atomic E-state index is 0.0148. The third kappa shape index (κ3) is 4.79. The molecule has 5 rings (SSSR count). The highest BCUT2D eigenvalue weighted by Crippen LogP contribution is 2.46. The molecule has 1 aliphatic rings. The monoisotopic (exact) mass is 564 g/mol. The third-order valence-electron chi connectivity index (χ3n) is 6.18. The maximum absolute atomic E-state index is 13.0. The van der Waals surface area contributed by atoms with Crippen molar-refractivity contribution in [2.24, 2.45) is 5.73 Å². The van der Waals surface area contributed by atoms with Crippen molar-refractivity contribution in [2.75, 3.05) is 6.61 Å². The molecule has 4 aromatic rings. The normalized spacial score (nSPS) is 14.5. The fraction of sp³-hybridized carbons (Fsp3) is 0.172. The van der Waals surface area contributed by atoms with Gasteiger partial charge < -0.3 is 19.9 Å². The zero-order valence-electron chi connectivity index (χ0n) is 20.3. The molecule has 0 saturated carbocycles. The second-order valence-corrected chi connectivity index (χ2v) is 10.4. The number of nitriles is 1. The number of allylic oxidation sites excluding steroid dienone is 1. The molecule has 192 valence electrons. The number of ether oxygens (including phenoxy) is 3. The number of hydrogen-bond donors (Lipinski definition) is 1. The van der Waals surface area contributed by atoms with Crippen molar-refractivity contribution in [1.29, 1.82) is 5.26 Å². The SMILES string of the molecule is CCCCOc1ccccc1C1C(C#N)=C(N)Oc2cc(OC(=O)c3sc4cccc(Cl)c4c3Cl)ccc21. The van der Waals surface area contributed by atoms with E-state index in [4.69, 9.17) is 43.1 Å². The zero-order valence-corrected chi connectivity index (χ0v) is 22.6. The van der Waals surface area contributed by atoms with Gasteiger partial charge in [-0.3, -0.25) is 0 Å². The van der Waals surface area contributed by atoms with Gasteiger partial charge in [-0.25, -0.2) is 4.79 Å². The van der Waals surface area contributed by atoms with E-state index in [9.17, 15) is 10.1 Å². The lowest BCUT2D eigenvalue weighted by Crippen LogP contribution is -2.21. The van der Waals surface area contributed by atoms with E-state index < -0.39 is 11.9 Å². The molecule has 1 aromatic heterocycles. The lowest BCUT2D eigenvalue weighted by molar-refractivity contribution is 0.0740. The van der Waals surface area contributed by atoms with E-state index in [-0.39, 0.29) is 27.1 Å². The number of halogens is 2. The van der Waals surface area contributed by atoms with E-state index in [2.05, 4.69) is 13.0 Å². The Labute approximate surface area is 233 Å². The molecule has 9 heteroatoms. The van der Waals surface area contributed by atoms with Gasteiger partial charge in [0, 0.05) is 27.3 Å². The molecular weight excluding hydrogens is 543 g/mol. The Morgan fingerprint density at radius 1 is 1.13 bits per heavy atom. The second-order valence-electron chi connectivity index (χ2n) is 8.61. The van der Waals surface area contributed by atoms with Gasteiger partial charge in [0.05, 0.1) is 22.6 Å². The quantitative estimate of drug-likeness (QED) is 0.139. The van der Waals surface area contributed by atoms with E-state index in [1.165, 1.54) is 11.3 Å². The van der Waals surface area contributed by atoms with Gasteiger partial charge in [0.2, 0.25) is 5.88 Å². The smallest absolute Gasteiger partial charge is 0.355 e. The molecule has 38 heavy (non-hydrogen) atoms. The van der Waals surface area contributed by atoms with Crippen LogP contribution in [-0.4, -0.2) is 12.6 Å². The molecular formula is C29H22Cl2N2O4S. The first-order valence-electron chi connectivity index (χ1n) is 11.9. The number of carbonyl (C=O) groups excluding carboxylic acids is 1. The van der Waals surface area contributed by atoms with Gasteiger partial charge >= 0.3 is 5.97 Å². The molecule has 0 saturated heterocycles. The number of hydrogen-bond acceptors (Lipinski definition) is 7. The second kappa shape index (κ2) is 11.0. The van der Waals surface area contributed by atoms with Gasteiger partial charge in [0.1, 0.15) is 33.8 Å². The topological polar surface area (TPSA) is 94.6 Å². The van der Waals surface area contributed by atoms with Gasteiger partial charge in [-0.2, -0.15) is 5.26 Å². The minimum Gasteiger partial charge on any atom is -0.493 e. The lowest BCUT2D eigenvalue weighted by Gasteiger charge is -2.28. The lowest BCUT2D eigenvalue weighted by atomic mass is 9.83. The van der Waals surface area contributed by atoms with Gasteiger partial charge in [0.25, 0.3) is 0 Å². The minimum atomic E-state index is -0.615. The molecule has 0 amide bonds. The van der Waals surface area contributed by atoms with E-state index in [1.54, 1.807) is 30.3 Å². The summed E-state index contributed by atoms with van der Waals surface area (Å²) in [6, 6.07) is 20.1. The third-order valence-corrected chi connectivity index (χ3v) is 8.12. The van der Waals surface area contributed by atoms with E-state index in [1.807, 2.05) is 30.3 Å². The number of rotatable bonds is 7. The maximum atomic E-state index is 13.0. The predicted molar refractivity (Wildman–Crippen MR) is 149 cm³/mol. The molecule has 0 radical (unpaired) electrons. The fourth-order valence-corrected chi connectivity index (χ4v) is 6.17. The van der Waals surface area contributed by atoms with Crippen LogP contribution in [0.1, 0.15) is 46.5 Å². The molecule has 6 nitrogen and oxygen atoms in total. The highest BCUT2D eigenvalue weighted by Gasteiger charge is 2.33. The summed E-state index contributed by atoms with van der Waals surface area (Å²) in [5.41, 5.74) is 7.96. The summed E-state index contributed by atoms with van der Waals surface area (Å²) >= 11 is 14.0. The van der Waals surface area contributed by atoms with Crippen LogP contribution in [0, 0.1) is 11.3 Å². The van der Waals surface area contributed by atoms with E-state index >= 15 is 0 Å². The van der Waals surface area contributed by atoms with Crippen molar-refractivity contribution in [3.63, 3.8) is 0 Å². The van der Waals surface area contributed by atoms with Crippen molar-refractivity contribution < 1.29 is 19.0 Å². The number of thiophene rings is 1. The number of carbonyl (C=O) groups is 1. The summed E-state index contributed by atoms with van der Waals surface area (Å²) in [4.78, 5) is 13.3. The average Bonchev–Trinajstić information content (AvgIpc) is 3.26. The molecule has 0 fully saturated rings.